The summed E-state index contributed by atoms with van der Waals surface area (Å²) in [6.07, 6.45) is 5.80. The summed E-state index contributed by atoms with van der Waals surface area (Å²) in [6.45, 7) is 0. The van der Waals surface area contributed by atoms with Crippen LogP contribution >= 0.6 is 0 Å². The number of nitrogens with zero attached hydrogens (tertiary/aromatic N) is 3. The molecule has 1 aromatic heterocycles. The first-order chi connectivity index (χ1) is 9.44. The van der Waals surface area contributed by atoms with E-state index in [9.17, 15) is 13.2 Å². The van der Waals surface area contributed by atoms with Gasteiger partial charge in [0.05, 0.1) is 18.6 Å². The van der Waals surface area contributed by atoms with Gasteiger partial charge in [-0.25, -0.2) is 8.42 Å². The molecule has 0 aliphatic rings. The molecule has 0 radical (unpaired) electrons. The maximum Gasteiger partial charge on any atom is 0.323 e. The molecule has 0 saturated heterocycles. The van der Waals surface area contributed by atoms with Gasteiger partial charge < -0.3 is 10.5 Å². The molecule has 20 heavy (non-hydrogen) atoms. The molecule has 110 valence electrons. The number of methoxy groups -OCH3 is 1. The van der Waals surface area contributed by atoms with Crippen LogP contribution in [0.2, 0.25) is 0 Å². The van der Waals surface area contributed by atoms with Gasteiger partial charge in [0.2, 0.25) is 0 Å². The van der Waals surface area contributed by atoms with Crippen molar-refractivity contribution >= 4 is 22.2 Å². The average molecular weight is 300 g/mol. The van der Waals surface area contributed by atoms with Crippen molar-refractivity contribution in [1.82, 2.24) is 9.97 Å². The predicted octanol–water partition coefficient (Wildman–Crippen LogP) is -0.690. The van der Waals surface area contributed by atoms with Gasteiger partial charge in [-0.2, -0.15) is 4.40 Å². The Labute approximate surface area is 117 Å². The van der Waals surface area contributed by atoms with Crippen molar-refractivity contribution in [3.05, 3.63) is 24.3 Å². The Morgan fingerprint density at radius 3 is 2.90 bits per heavy atom. The molecule has 9 heteroatoms. The zero-order chi connectivity index (χ0) is 15.0. The Hall–Kier alpha value is -1.87. The third-order valence-corrected chi connectivity index (χ3v) is 3.52. The van der Waals surface area contributed by atoms with Crippen LogP contribution in [0.4, 0.5) is 0 Å². The molecule has 0 aliphatic carbocycles. The Balaban J connectivity index is 2.47. The average Bonchev–Trinajstić information content (AvgIpc) is 2.45. The lowest BCUT2D eigenvalue weighted by molar-refractivity contribution is -0.141. The van der Waals surface area contributed by atoms with Gasteiger partial charge in [0.1, 0.15) is 6.04 Å². The monoisotopic (exact) mass is 300 g/mol. The molecule has 1 rings (SSSR count). The van der Waals surface area contributed by atoms with Gasteiger partial charge in [-0.15, -0.1) is 0 Å². The van der Waals surface area contributed by atoms with Gasteiger partial charge in [-0.05, 0) is 0 Å². The molecule has 0 aromatic carbocycles. The van der Waals surface area contributed by atoms with Crippen LogP contribution in [0.3, 0.4) is 0 Å². The quantitative estimate of drug-likeness (QED) is 0.522. The summed E-state index contributed by atoms with van der Waals surface area (Å²) in [5.74, 6) is -0.802. The maximum atomic E-state index is 11.6. The third kappa shape index (κ3) is 5.85. The van der Waals surface area contributed by atoms with Crippen LogP contribution in [0.25, 0.3) is 0 Å². The summed E-state index contributed by atoms with van der Waals surface area (Å²) < 4.78 is 31.1. The summed E-state index contributed by atoms with van der Waals surface area (Å²) in [5, 5.41) is 0. The van der Waals surface area contributed by atoms with Crippen LogP contribution < -0.4 is 5.73 Å². The van der Waals surface area contributed by atoms with Crippen molar-refractivity contribution in [2.45, 2.75) is 18.9 Å². The molecule has 0 fully saturated rings. The van der Waals surface area contributed by atoms with Crippen molar-refractivity contribution in [3.63, 3.8) is 0 Å². The highest BCUT2D eigenvalue weighted by Gasteiger charge is 2.13. The number of nitrogens with two attached hydrogens (primary N) is 1. The van der Waals surface area contributed by atoms with E-state index in [0.29, 0.717) is 5.69 Å². The molecule has 0 saturated carbocycles. The Morgan fingerprint density at radius 2 is 2.30 bits per heavy atom. The van der Waals surface area contributed by atoms with Crippen molar-refractivity contribution in [3.8, 4) is 0 Å². The fourth-order valence-electron chi connectivity index (χ4n) is 1.26. The molecule has 8 nitrogen and oxygen atoms in total. The summed E-state index contributed by atoms with van der Waals surface area (Å²) >= 11 is 0. The van der Waals surface area contributed by atoms with Gasteiger partial charge >= 0.3 is 5.97 Å². The van der Waals surface area contributed by atoms with Crippen LogP contribution in [0.15, 0.2) is 23.0 Å². The molecular formula is C11H16N4O4S. The molecule has 1 heterocycles. The molecule has 0 spiro atoms. The lowest BCUT2D eigenvalue weighted by Gasteiger charge is -2.04. The first-order valence-corrected chi connectivity index (χ1v) is 7.40. The van der Waals surface area contributed by atoms with E-state index in [2.05, 4.69) is 19.1 Å². The molecule has 0 unspecified atom stereocenters. The SMILES string of the molecule is COC(=O)[C@@H](N)CC=NS(=O)(=O)CCc1cnccn1. The van der Waals surface area contributed by atoms with Crippen LogP contribution in [-0.2, 0) is 26.0 Å². The van der Waals surface area contributed by atoms with Gasteiger partial charge in [0.25, 0.3) is 10.0 Å². The van der Waals surface area contributed by atoms with E-state index in [1.807, 2.05) is 0 Å². The standard InChI is InChI=1S/C11H16N4O4S/c1-19-11(16)10(12)2-4-15-20(17,18)7-3-9-8-13-5-6-14-9/h4-6,8,10H,2-3,7,12H2,1H3/t10-/m0/s1. The van der Waals surface area contributed by atoms with Gasteiger partial charge in [-0.3, -0.25) is 14.8 Å². The second-order valence-electron chi connectivity index (χ2n) is 3.89. The Morgan fingerprint density at radius 1 is 1.55 bits per heavy atom. The van der Waals surface area contributed by atoms with E-state index >= 15 is 0 Å². The fourth-order valence-corrected chi connectivity index (χ4v) is 2.15. The van der Waals surface area contributed by atoms with Crippen LogP contribution in [-0.4, -0.2) is 49.5 Å². The van der Waals surface area contributed by atoms with Crippen molar-refractivity contribution in [2.24, 2.45) is 10.1 Å². The number of aryl methyl sites for hydroxylation is 1. The molecule has 0 aliphatic heterocycles. The lowest BCUT2D eigenvalue weighted by Crippen LogP contribution is -2.31. The molecule has 1 aromatic rings. The largest absolute Gasteiger partial charge is 0.468 e. The lowest BCUT2D eigenvalue weighted by atomic mass is 10.2. The zero-order valence-corrected chi connectivity index (χ0v) is 11.8. The fraction of sp³-hybridized carbons (Fsp3) is 0.455. The minimum atomic E-state index is -3.61. The highest BCUT2D eigenvalue weighted by atomic mass is 32.2. The number of hydrogen-bond acceptors (Lipinski definition) is 7. The number of aromatic nitrogens is 2. The molecule has 2 N–H and O–H groups in total. The van der Waals surface area contributed by atoms with Crippen molar-refractivity contribution in [2.75, 3.05) is 12.9 Å². The highest BCUT2D eigenvalue weighted by Crippen LogP contribution is 1.99. The number of hydrogen-bond donors (Lipinski definition) is 1. The Bertz CT molecular complexity index is 559. The maximum absolute atomic E-state index is 11.6. The zero-order valence-electron chi connectivity index (χ0n) is 11.0. The normalized spacial score (nSPS) is 13.3. The van der Waals surface area contributed by atoms with Crippen LogP contribution in [0.1, 0.15) is 12.1 Å². The number of esters is 1. The van der Waals surface area contributed by atoms with Gasteiger partial charge in [0, 0.05) is 37.6 Å². The summed E-state index contributed by atoms with van der Waals surface area (Å²) in [4.78, 5) is 18.8. The summed E-state index contributed by atoms with van der Waals surface area (Å²) in [7, 11) is -2.41. The number of rotatable bonds is 7. The Kier molecular flexibility index (Phi) is 6.19. The van der Waals surface area contributed by atoms with E-state index in [4.69, 9.17) is 5.73 Å². The topological polar surface area (TPSA) is 125 Å². The predicted molar refractivity (Wildman–Crippen MR) is 72.6 cm³/mol. The first-order valence-electron chi connectivity index (χ1n) is 5.79. The van der Waals surface area contributed by atoms with Gasteiger partial charge in [0.15, 0.2) is 0 Å². The van der Waals surface area contributed by atoms with E-state index in [1.54, 1.807) is 0 Å². The summed E-state index contributed by atoms with van der Waals surface area (Å²) in [5.41, 5.74) is 6.01. The molecule has 0 bridgehead atoms. The van der Waals surface area contributed by atoms with Crippen LogP contribution in [0, 0.1) is 0 Å². The van der Waals surface area contributed by atoms with Gasteiger partial charge in [-0.1, -0.05) is 0 Å². The molecular weight excluding hydrogens is 284 g/mol. The van der Waals surface area contributed by atoms with Crippen molar-refractivity contribution < 1.29 is 17.9 Å². The number of carbonyl (C=O) groups is 1. The summed E-state index contributed by atoms with van der Waals surface area (Å²) in [6, 6.07) is -0.918. The number of sulfonamides is 1. The van der Waals surface area contributed by atoms with E-state index in [0.717, 1.165) is 6.21 Å². The van der Waals surface area contributed by atoms with E-state index < -0.39 is 22.0 Å². The first kappa shape index (κ1) is 16.2. The van der Waals surface area contributed by atoms with E-state index in [1.165, 1.54) is 25.7 Å². The minimum Gasteiger partial charge on any atom is -0.468 e. The molecule has 0 amide bonds. The third-order valence-electron chi connectivity index (χ3n) is 2.33. The smallest absolute Gasteiger partial charge is 0.323 e. The van der Waals surface area contributed by atoms with E-state index in [-0.39, 0.29) is 18.6 Å². The number of carbonyl (C=O) groups excluding carboxylic acids is 1. The molecule has 1 atom stereocenters. The highest BCUT2D eigenvalue weighted by molar-refractivity contribution is 7.90. The second-order valence-corrected chi connectivity index (χ2v) is 5.67. The van der Waals surface area contributed by atoms with Crippen LogP contribution in [0.5, 0.6) is 0 Å². The van der Waals surface area contributed by atoms with Crippen molar-refractivity contribution in [1.29, 1.82) is 0 Å². The second kappa shape index (κ2) is 7.65. The number of ether oxygens (including phenoxy) is 1. The minimum absolute atomic E-state index is 0.00293.